The fourth-order valence-corrected chi connectivity index (χ4v) is 2.30. The first-order chi connectivity index (χ1) is 10.6. The Kier molecular flexibility index (Phi) is 3.36. The second-order valence-corrected chi connectivity index (χ2v) is 5.00. The quantitative estimate of drug-likeness (QED) is 0.695. The Morgan fingerprint density at radius 1 is 1.23 bits per heavy atom. The number of carbonyl (C=O) groups is 1. The topological polar surface area (TPSA) is 76.0 Å². The van der Waals surface area contributed by atoms with Gasteiger partial charge >= 0.3 is 5.76 Å². The maximum absolute atomic E-state index is 12.0. The van der Waals surface area contributed by atoms with Crippen LogP contribution in [0, 0.1) is 11.3 Å². The number of carbonyl (C=O) groups excluding carboxylic acids is 1. The van der Waals surface area contributed by atoms with Crippen LogP contribution >= 0.6 is 0 Å². The lowest BCUT2D eigenvalue weighted by Crippen LogP contribution is -2.14. The molecule has 0 amide bonds. The summed E-state index contributed by atoms with van der Waals surface area (Å²) in [5.74, 6) is -0.551. The molecule has 3 aromatic rings. The summed E-state index contributed by atoms with van der Waals surface area (Å²) in [6.45, 7) is 1.81. The Morgan fingerprint density at radius 2 is 1.95 bits per heavy atom. The maximum Gasteiger partial charge on any atom is 0.420 e. The van der Waals surface area contributed by atoms with Crippen LogP contribution in [0.4, 0.5) is 0 Å². The van der Waals surface area contributed by atoms with Gasteiger partial charge in [-0.25, -0.2) is 4.79 Å². The Bertz CT molecular complexity index is 956. The van der Waals surface area contributed by atoms with Crippen molar-refractivity contribution in [2.45, 2.75) is 13.5 Å². The first kappa shape index (κ1) is 13.8. The Balaban J connectivity index is 2.03. The van der Waals surface area contributed by atoms with Crippen molar-refractivity contribution in [3.05, 3.63) is 69.7 Å². The van der Waals surface area contributed by atoms with Crippen molar-refractivity contribution in [2.75, 3.05) is 0 Å². The molecule has 0 aliphatic carbocycles. The van der Waals surface area contributed by atoms with Gasteiger partial charge in [0.2, 0.25) is 0 Å². The van der Waals surface area contributed by atoms with Crippen molar-refractivity contribution in [1.82, 2.24) is 4.57 Å². The highest BCUT2D eigenvalue weighted by Gasteiger charge is 2.11. The van der Waals surface area contributed by atoms with Crippen molar-refractivity contribution in [3.8, 4) is 6.07 Å². The normalized spacial score (nSPS) is 10.5. The molecule has 0 aliphatic heterocycles. The number of fused-ring (bicyclic) bond motifs is 1. The molecule has 3 rings (SSSR count). The number of aromatic nitrogens is 1. The van der Waals surface area contributed by atoms with Gasteiger partial charge in [-0.2, -0.15) is 5.26 Å². The van der Waals surface area contributed by atoms with Crippen molar-refractivity contribution in [1.29, 1.82) is 5.26 Å². The second kappa shape index (κ2) is 5.34. The fraction of sp³-hybridized carbons (Fsp3) is 0.118. The van der Waals surface area contributed by atoms with Gasteiger partial charge in [0.15, 0.2) is 11.4 Å². The zero-order valence-electron chi connectivity index (χ0n) is 11.9. The van der Waals surface area contributed by atoms with Crippen molar-refractivity contribution in [2.24, 2.45) is 0 Å². The minimum Gasteiger partial charge on any atom is -0.408 e. The smallest absolute Gasteiger partial charge is 0.408 e. The number of hydrogen-bond acceptors (Lipinski definition) is 4. The van der Waals surface area contributed by atoms with Crippen LogP contribution in [-0.4, -0.2) is 10.4 Å². The van der Waals surface area contributed by atoms with E-state index in [9.17, 15) is 9.59 Å². The highest BCUT2D eigenvalue weighted by atomic mass is 16.4. The van der Waals surface area contributed by atoms with Crippen LogP contribution in [0.3, 0.4) is 0 Å². The van der Waals surface area contributed by atoms with E-state index in [-0.39, 0.29) is 5.78 Å². The summed E-state index contributed by atoms with van der Waals surface area (Å²) in [7, 11) is 0. The van der Waals surface area contributed by atoms with Crippen molar-refractivity contribution in [3.63, 3.8) is 0 Å². The molecule has 2 aromatic carbocycles. The van der Waals surface area contributed by atoms with Gasteiger partial charge in [-0.05, 0) is 42.8 Å². The standard InChI is InChI=1S/C17H12N2O3/c1-11(20)14-6-7-15-16(8-14)22-17(21)19(15)10-13-4-2-12(9-18)3-5-13/h2-8H,10H2,1H3. The Labute approximate surface area is 126 Å². The van der Waals surface area contributed by atoms with Crippen LogP contribution in [-0.2, 0) is 6.54 Å². The van der Waals surface area contributed by atoms with Crippen LogP contribution in [0.25, 0.3) is 11.1 Å². The number of ketones is 1. The minimum absolute atomic E-state index is 0.0793. The molecule has 5 heteroatoms. The predicted molar refractivity (Wildman–Crippen MR) is 80.7 cm³/mol. The molecular weight excluding hydrogens is 280 g/mol. The average Bonchev–Trinajstić information content (AvgIpc) is 2.83. The Hall–Kier alpha value is -3.13. The van der Waals surface area contributed by atoms with Gasteiger partial charge in [-0.15, -0.1) is 0 Å². The van der Waals surface area contributed by atoms with E-state index in [0.717, 1.165) is 5.56 Å². The Morgan fingerprint density at radius 3 is 2.59 bits per heavy atom. The summed E-state index contributed by atoms with van der Waals surface area (Å²) in [4.78, 5) is 23.4. The SMILES string of the molecule is CC(=O)c1ccc2c(c1)oc(=O)n2Cc1ccc(C#N)cc1. The van der Waals surface area contributed by atoms with E-state index in [1.807, 2.05) is 0 Å². The minimum atomic E-state index is -0.472. The molecule has 0 aliphatic rings. The van der Waals surface area contributed by atoms with Gasteiger partial charge in [-0.1, -0.05) is 12.1 Å². The molecule has 0 spiro atoms. The molecule has 0 unspecified atom stereocenters. The maximum atomic E-state index is 12.0. The summed E-state index contributed by atoms with van der Waals surface area (Å²) in [5.41, 5.74) is 3.00. The molecule has 0 fully saturated rings. The van der Waals surface area contributed by atoms with Gasteiger partial charge in [-0.3, -0.25) is 9.36 Å². The zero-order chi connectivity index (χ0) is 15.7. The van der Waals surface area contributed by atoms with Gasteiger partial charge in [0.25, 0.3) is 0 Å². The summed E-state index contributed by atoms with van der Waals surface area (Å²) in [6.07, 6.45) is 0. The lowest BCUT2D eigenvalue weighted by molar-refractivity contribution is 0.101. The van der Waals surface area contributed by atoms with Gasteiger partial charge in [0.1, 0.15) is 0 Å². The molecule has 1 heterocycles. The third-order valence-corrected chi connectivity index (χ3v) is 3.50. The van der Waals surface area contributed by atoms with E-state index >= 15 is 0 Å². The molecule has 5 nitrogen and oxygen atoms in total. The summed E-state index contributed by atoms with van der Waals surface area (Å²) in [6, 6.07) is 14.0. The number of nitrogens with zero attached hydrogens (tertiary/aromatic N) is 2. The molecule has 0 atom stereocenters. The first-order valence-electron chi connectivity index (χ1n) is 6.72. The van der Waals surface area contributed by atoms with E-state index in [1.54, 1.807) is 42.5 Å². The highest BCUT2D eigenvalue weighted by molar-refractivity contribution is 5.96. The van der Waals surface area contributed by atoms with Gasteiger partial charge in [0, 0.05) is 5.56 Å². The number of nitriles is 1. The third-order valence-electron chi connectivity index (χ3n) is 3.50. The van der Waals surface area contributed by atoms with E-state index in [0.29, 0.717) is 28.8 Å². The van der Waals surface area contributed by atoms with Crippen LogP contribution in [0.15, 0.2) is 51.7 Å². The average molecular weight is 292 g/mol. The molecule has 108 valence electrons. The van der Waals surface area contributed by atoms with Crippen molar-refractivity contribution < 1.29 is 9.21 Å². The largest absolute Gasteiger partial charge is 0.420 e. The zero-order valence-corrected chi connectivity index (χ0v) is 11.9. The summed E-state index contributed by atoms with van der Waals surface area (Å²) >= 11 is 0. The van der Waals surface area contributed by atoms with E-state index in [2.05, 4.69) is 6.07 Å². The van der Waals surface area contributed by atoms with E-state index in [1.165, 1.54) is 11.5 Å². The summed E-state index contributed by atoms with van der Waals surface area (Å²) < 4.78 is 6.71. The van der Waals surface area contributed by atoms with E-state index in [4.69, 9.17) is 9.68 Å². The second-order valence-electron chi connectivity index (χ2n) is 5.00. The predicted octanol–water partition coefficient (Wildman–Crippen LogP) is 2.72. The van der Waals surface area contributed by atoms with Crippen LogP contribution < -0.4 is 5.76 Å². The highest BCUT2D eigenvalue weighted by Crippen LogP contribution is 2.17. The van der Waals surface area contributed by atoms with Crippen LogP contribution in [0.5, 0.6) is 0 Å². The number of benzene rings is 2. The number of hydrogen-bond donors (Lipinski definition) is 0. The molecule has 1 aromatic heterocycles. The van der Waals surface area contributed by atoms with Crippen LogP contribution in [0.2, 0.25) is 0 Å². The molecule has 0 saturated heterocycles. The molecule has 22 heavy (non-hydrogen) atoms. The lowest BCUT2D eigenvalue weighted by Gasteiger charge is -2.03. The van der Waals surface area contributed by atoms with Crippen LogP contribution in [0.1, 0.15) is 28.4 Å². The monoisotopic (exact) mass is 292 g/mol. The summed E-state index contributed by atoms with van der Waals surface area (Å²) in [5, 5.41) is 8.79. The molecule has 0 saturated carbocycles. The van der Waals surface area contributed by atoms with Gasteiger partial charge < -0.3 is 4.42 Å². The first-order valence-corrected chi connectivity index (χ1v) is 6.72. The van der Waals surface area contributed by atoms with Gasteiger partial charge in [0.05, 0.1) is 23.7 Å². The fourth-order valence-electron chi connectivity index (χ4n) is 2.30. The lowest BCUT2D eigenvalue weighted by atomic mass is 10.1. The number of Topliss-reactive ketones (excluding diaryl/α,β-unsaturated/α-hetero) is 1. The number of oxazole rings is 1. The molecular formula is C17H12N2O3. The number of rotatable bonds is 3. The van der Waals surface area contributed by atoms with Crippen molar-refractivity contribution >= 4 is 16.9 Å². The molecule has 0 radical (unpaired) electrons. The molecule has 0 bridgehead atoms. The molecule has 0 N–H and O–H groups in total. The van der Waals surface area contributed by atoms with E-state index < -0.39 is 5.76 Å². The third kappa shape index (κ3) is 2.42.